The van der Waals surface area contributed by atoms with Crippen LogP contribution < -0.4 is 0 Å². The second-order valence-corrected chi connectivity index (χ2v) is 6.95. The Balaban J connectivity index is 2.25. The Bertz CT molecular complexity index is 1110. The summed E-state index contributed by atoms with van der Waals surface area (Å²) < 4.78 is 6.92. The molecule has 30 heavy (non-hydrogen) atoms. The molecule has 1 heterocycles. The maximum Gasteiger partial charge on any atom is 0.349 e. The van der Waals surface area contributed by atoms with E-state index in [2.05, 4.69) is 0 Å². The number of ether oxygens (including phenoxy) is 1. The highest BCUT2D eigenvalue weighted by Gasteiger charge is 2.22. The van der Waals surface area contributed by atoms with Gasteiger partial charge in [0.2, 0.25) is 0 Å². The fourth-order valence-electron chi connectivity index (χ4n) is 3.03. The van der Waals surface area contributed by atoms with Crippen LogP contribution in [0.2, 0.25) is 0 Å². The number of nitrogens with zero attached hydrogens (tertiary/aromatic N) is 3. The van der Waals surface area contributed by atoms with Crippen LogP contribution in [0.1, 0.15) is 29.4 Å². The molecular weight excluding hydrogens is 380 g/mol. The van der Waals surface area contributed by atoms with Crippen LogP contribution in [0.5, 0.6) is 0 Å². The summed E-state index contributed by atoms with van der Waals surface area (Å²) in [6.07, 6.45) is 1.42. The van der Waals surface area contributed by atoms with Crippen LogP contribution in [0.3, 0.4) is 0 Å². The number of rotatable bonds is 7. The van der Waals surface area contributed by atoms with Crippen molar-refractivity contribution in [1.82, 2.24) is 4.57 Å². The van der Waals surface area contributed by atoms with Crippen molar-refractivity contribution in [2.24, 2.45) is 5.92 Å². The van der Waals surface area contributed by atoms with Gasteiger partial charge in [0, 0.05) is 22.8 Å². The highest BCUT2D eigenvalue weighted by Crippen LogP contribution is 2.23. The fraction of sp³-hybridized carbons (Fsp3) is 0.261. The number of carbonyl (C=O) groups is 2. The monoisotopic (exact) mass is 402 g/mol. The molecule has 0 amide bonds. The van der Waals surface area contributed by atoms with Crippen molar-refractivity contribution in [3.8, 4) is 17.8 Å². The molecule has 2 aromatic rings. The molecule has 0 unspecified atom stereocenters. The number of benzene rings is 1. The van der Waals surface area contributed by atoms with Crippen LogP contribution in [0, 0.1) is 54.8 Å². The molecule has 1 aromatic heterocycles. The molecule has 152 valence electrons. The van der Waals surface area contributed by atoms with Gasteiger partial charge in [-0.3, -0.25) is 4.79 Å². The van der Waals surface area contributed by atoms with E-state index in [0.717, 1.165) is 22.6 Å². The molecule has 1 aromatic carbocycles. The quantitative estimate of drug-likeness (QED) is 0.328. The minimum Gasteiger partial charge on any atom is -0.453 e. The summed E-state index contributed by atoms with van der Waals surface area (Å²) in [5.74, 6) is -2.92. The van der Waals surface area contributed by atoms with Gasteiger partial charge in [0.25, 0.3) is 0 Å². The van der Waals surface area contributed by atoms with Crippen LogP contribution >= 0.6 is 0 Å². The second kappa shape index (κ2) is 9.49. The Morgan fingerprint density at radius 2 is 1.83 bits per heavy atom. The number of ketones is 1. The first-order valence-electron chi connectivity index (χ1n) is 9.21. The lowest BCUT2D eigenvalue weighted by molar-refractivity contribution is -0.143. The Hall–Kier alpha value is -3.97. The zero-order valence-corrected chi connectivity index (χ0v) is 17.3. The molecule has 0 spiro atoms. The van der Waals surface area contributed by atoms with Crippen LogP contribution in [0.15, 0.2) is 35.9 Å². The summed E-state index contributed by atoms with van der Waals surface area (Å²) in [6, 6.07) is 13.3. The van der Waals surface area contributed by atoms with Gasteiger partial charge in [-0.15, -0.1) is 0 Å². The average Bonchev–Trinajstić information content (AvgIpc) is 2.98. The highest BCUT2D eigenvalue weighted by atomic mass is 16.5. The van der Waals surface area contributed by atoms with Crippen LogP contribution in [-0.4, -0.2) is 28.6 Å². The summed E-state index contributed by atoms with van der Waals surface area (Å²) >= 11 is 0. The van der Waals surface area contributed by atoms with Crippen molar-refractivity contribution in [2.45, 2.75) is 27.7 Å². The van der Waals surface area contributed by atoms with E-state index in [-0.39, 0.29) is 11.3 Å². The lowest BCUT2D eigenvalue weighted by Crippen LogP contribution is -2.25. The first kappa shape index (κ1) is 22.3. The topological polar surface area (TPSA) is 120 Å². The van der Waals surface area contributed by atoms with E-state index in [4.69, 9.17) is 15.4 Å². The number of nitriles is 2. The summed E-state index contributed by atoms with van der Waals surface area (Å²) in [5.41, 5.74) is 4.18. The van der Waals surface area contributed by atoms with E-state index in [1.54, 1.807) is 12.1 Å². The number of carbonyl (C=O) groups excluding carboxylic acids is 2. The Labute approximate surface area is 175 Å². The zero-order valence-electron chi connectivity index (χ0n) is 17.3. The summed E-state index contributed by atoms with van der Waals surface area (Å²) in [5, 5.41) is 25.7. The second-order valence-electron chi connectivity index (χ2n) is 6.95. The van der Waals surface area contributed by atoms with E-state index >= 15 is 0 Å². The van der Waals surface area contributed by atoms with Gasteiger partial charge < -0.3 is 14.7 Å². The van der Waals surface area contributed by atoms with Gasteiger partial charge >= 0.3 is 5.97 Å². The number of esters is 1. The average molecular weight is 402 g/mol. The van der Waals surface area contributed by atoms with Gasteiger partial charge in [0.05, 0.1) is 6.07 Å². The molecule has 0 saturated heterocycles. The van der Waals surface area contributed by atoms with Crippen LogP contribution in [0.4, 0.5) is 0 Å². The van der Waals surface area contributed by atoms with Gasteiger partial charge in [-0.05, 0) is 57.5 Å². The maximum absolute atomic E-state index is 12.3. The van der Waals surface area contributed by atoms with Crippen LogP contribution in [-0.2, 0) is 14.3 Å². The third-order valence-corrected chi connectivity index (χ3v) is 4.63. The molecule has 2 rings (SSSR count). The SMILES string of the molecule is CC(=N)[C@H](C#N)C(=O)COC(=O)/C(C#N)=C/c1cc(C)n(-c2ccc(C)cc2)c1C. The normalized spacial score (nSPS) is 11.9. The van der Waals surface area contributed by atoms with Crippen molar-refractivity contribution in [3.63, 3.8) is 0 Å². The number of Topliss-reactive ketones (excluding diaryl/α,β-unsaturated/α-hetero) is 1. The van der Waals surface area contributed by atoms with E-state index in [0.29, 0.717) is 5.56 Å². The molecule has 0 bridgehead atoms. The lowest BCUT2D eigenvalue weighted by atomic mass is 10.0. The van der Waals surface area contributed by atoms with Crippen molar-refractivity contribution in [1.29, 1.82) is 15.9 Å². The number of hydrogen-bond acceptors (Lipinski definition) is 6. The molecule has 1 N–H and O–H groups in total. The molecule has 7 heteroatoms. The predicted molar refractivity (Wildman–Crippen MR) is 112 cm³/mol. The minimum atomic E-state index is -1.26. The minimum absolute atomic E-state index is 0.127. The number of aromatic nitrogens is 1. The zero-order chi connectivity index (χ0) is 22.4. The smallest absolute Gasteiger partial charge is 0.349 e. The van der Waals surface area contributed by atoms with Crippen molar-refractivity contribution in [3.05, 3.63) is 58.4 Å². The lowest BCUT2D eigenvalue weighted by Gasteiger charge is -2.10. The Kier molecular flexibility index (Phi) is 7.06. The molecule has 0 saturated carbocycles. The van der Waals surface area contributed by atoms with Gasteiger partial charge in [0.1, 0.15) is 17.6 Å². The number of aryl methyl sites for hydroxylation is 2. The largest absolute Gasteiger partial charge is 0.453 e. The third kappa shape index (κ3) is 4.89. The van der Waals surface area contributed by atoms with E-state index in [9.17, 15) is 14.9 Å². The van der Waals surface area contributed by atoms with Gasteiger partial charge in [0.15, 0.2) is 12.4 Å². The standard InChI is InChI=1S/C23H22N4O3/c1-14-5-7-20(8-6-14)27-15(2)9-18(17(27)4)10-19(11-24)23(29)30-13-22(28)21(12-25)16(3)26/h5-10,21,26H,13H2,1-4H3/b19-10+,26-16?/t21-/m0/s1. The molecular formula is C23H22N4O3. The van der Waals surface area contributed by atoms with Crippen molar-refractivity contribution < 1.29 is 14.3 Å². The predicted octanol–water partition coefficient (Wildman–Crippen LogP) is 3.60. The number of hydrogen-bond donors (Lipinski definition) is 1. The molecule has 0 fully saturated rings. The molecule has 0 aliphatic rings. The molecule has 7 nitrogen and oxygen atoms in total. The maximum atomic E-state index is 12.3. The van der Waals surface area contributed by atoms with Gasteiger partial charge in [-0.25, -0.2) is 4.79 Å². The Morgan fingerprint density at radius 1 is 1.20 bits per heavy atom. The number of nitrogens with one attached hydrogen (secondary N) is 1. The molecule has 0 aliphatic heterocycles. The summed E-state index contributed by atoms with van der Waals surface area (Å²) in [4.78, 5) is 24.2. The first-order chi connectivity index (χ1) is 14.2. The molecule has 0 aliphatic carbocycles. The van der Waals surface area contributed by atoms with Crippen molar-refractivity contribution >= 4 is 23.5 Å². The van der Waals surface area contributed by atoms with E-state index in [1.807, 2.05) is 55.7 Å². The fourth-order valence-corrected chi connectivity index (χ4v) is 3.03. The summed E-state index contributed by atoms with van der Waals surface area (Å²) in [6.45, 7) is 6.47. The van der Waals surface area contributed by atoms with Crippen molar-refractivity contribution in [2.75, 3.05) is 6.61 Å². The Morgan fingerprint density at radius 3 is 2.37 bits per heavy atom. The highest BCUT2D eigenvalue weighted by molar-refractivity contribution is 6.06. The summed E-state index contributed by atoms with van der Waals surface area (Å²) in [7, 11) is 0. The molecule has 0 radical (unpaired) electrons. The van der Waals surface area contributed by atoms with Gasteiger partial charge in [-0.2, -0.15) is 10.5 Å². The van der Waals surface area contributed by atoms with Crippen LogP contribution in [0.25, 0.3) is 11.8 Å². The first-order valence-corrected chi connectivity index (χ1v) is 9.21. The van der Waals surface area contributed by atoms with Gasteiger partial charge in [-0.1, -0.05) is 17.7 Å². The molecule has 1 atom stereocenters. The van der Waals surface area contributed by atoms with E-state index in [1.165, 1.54) is 13.0 Å². The third-order valence-electron chi connectivity index (χ3n) is 4.63. The van der Waals surface area contributed by atoms with E-state index < -0.39 is 24.3 Å².